The SMILES string of the molecule is COC(=O)c1cc(C(F)F)c(C#N)cc1CCl. The van der Waals surface area contributed by atoms with Crippen molar-refractivity contribution in [2.24, 2.45) is 0 Å². The summed E-state index contributed by atoms with van der Waals surface area (Å²) in [6.07, 6.45) is -2.84. The number of nitrogens with zero attached hydrogens (tertiary/aromatic N) is 1. The van der Waals surface area contributed by atoms with Gasteiger partial charge in [-0.2, -0.15) is 5.26 Å². The number of ether oxygens (including phenoxy) is 1. The fourth-order valence-corrected chi connectivity index (χ4v) is 1.57. The highest BCUT2D eigenvalue weighted by molar-refractivity contribution is 6.17. The maximum Gasteiger partial charge on any atom is 0.338 e. The van der Waals surface area contributed by atoms with Crippen molar-refractivity contribution in [1.82, 2.24) is 0 Å². The second kappa shape index (κ2) is 5.60. The first-order valence-corrected chi connectivity index (χ1v) is 5.08. The second-order valence-electron chi connectivity index (χ2n) is 3.13. The van der Waals surface area contributed by atoms with E-state index in [0.717, 1.165) is 13.2 Å². The van der Waals surface area contributed by atoms with Crippen LogP contribution in [0.5, 0.6) is 0 Å². The minimum atomic E-state index is -2.84. The molecule has 0 amide bonds. The fourth-order valence-electron chi connectivity index (χ4n) is 1.35. The molecule has 0 fully saturated rings. The molecule has 3 nitrogen and oxygen atoms in total. The molecule has 90 valence electrons. The molecular formula is C11H8ClF2NO2. The highest BCUT2D eigenvalue weighted by atomic mass is 35.5. The average molecular weight is 260 g/mol. The lowest BCUT2D eigenvalue weighted by atomic mass is 10.00. The van der Waals surface area contributed by atoms with Crippen LogP contribution in [0.15, 0.2) is 12.1 Å². The van der Waals surface area contributed by atoms with Crippen LogP contribution >= 0.6 is 11.6 Å². The zero-order valence-corrected chi connectivity index (χ0v) is 9.59. The molecule has 6 heteroatoms. The van der Waals surface area contributed by atoms with E-state index >= 15 is 0 Å². The van der Waals surface area contributed by atoms with Gasteiger partial charge >= 0.3 is 5.97 Å². The van der Waals surface area contributed by atoms with E-state index in [4.69, 9.17) is 16.9 Å². The van der Waals surface area contributed by atoms with Crippen molar-refractivity contribution in [1.29, 1.82) is 5.26 Å². The smallest absolute Gasteiger partial charge is 0.338 e. The van der Waals surface area contributed by atoms with Crippen LogP contribution in [0.2, 0.25) is 0 Å². The normalized spacial score (nSPS) is 10.1. The first kappa shape index (κ1) is 13.4. The molecule has 0 aliphatic rings. The van der Waals surface area contributed by atoms with Crippen LogP contribution in [-0.2, 0) is 10.6 Å². The lowest BCUT2D eigenvalue weighted by molar-refractivity contribution is 0.0599. The van der Waals surface area contributed by atoms with Crippen molar-refractivity contribution in [3.8, 4) is 6.07 Å². The maximum absolute atomic E-state index is 12.7. The third-order valence-electron chi connectivity index (χ3n) is 2.18. The molecule has 17 heavy (non-hydrogen) atoms. The molecule has 1 rings (SSSR count). The summed E-state index contributed by atoms with van der Waals surface area (Å²) in [6, 6.07) is 3.78. The van der Waals surface area contributed by atoms with Crippen LogP contribution in [0, 0.1) is 11.3 Å². The molecule has 0 heterocycles. The van der Waals surface area contributed by atoms with Crippen LogP contribution < -0.4 is 0 Å². The van der Waals surface area contributed by atoms with Gasteiger partial charge in [0.15, 0.2) is 0 Å². The van der Waals surface area contributed by atoms with E-state index in [1.165, 1.54) is 6.07 Å². The van der Waals surface area contributed by atoms with Crippen LogP contribution in [0.1, 0.15) is 33.5 Å². The summed E-state index contributed by atoms with van der Waals surface area (Å²) >= 11 is 5.59. The Bertz CT molecular complexity index is 483. The minimum Gasteiger partial charge on any atom is -0.465 e. The standard InChI is InChI=1S/C11H8ClF2NO2/c1-17-11(16)9-3-8(10(13)14)7(5-15)2-6(9)4-12/h2-3,10H,4H2,1H3. The number of hydrogen-bond acceptors (Lipinski definition) is 3. The Morgan fingerprint density at radius 2 is 2.24 bits per heavy atom. The molecule has 0 spiro atoms. The van der Waals surface area contributed by atoms with Gasteiger partial charge in [0, 0.05) is 11.4 Å². The van der Waals surface area contributed by atoms with Gasteiger partial charge < -0.3 is 4.74 Å². The molecule has 0 saturated carbocycles. The zero-order valence-electron chi connectivity index (χ0n) is 8.84. The van der Waals surface area contributed by atoms with E-state index < -0.39 is 18.0 Å². The largest absolute Gasteiger partial charge is 0.465 e. The minimum absolute atomic E-state index is 0.0446. The zero-order chi connectivity index (χ0) is 13.0. The summed E-state index contributed by atoms with van der Waals surface area (Å²) in [5.41, 5.74) is -0.443. The summed E-state index contributed by atoms with van der Waals surface area (Å²) in [5, 5.41) is 8.73. The number of rotatable bonds is 3. The molecule has 0 N–H and O–H groups in total. The number of hydrogen-bond donors (Lipinski definition) is 0. The molecule has 0 bridgehead atoms. The van der Waals surface area contributed by atoms with Crippen molar-refractivity contribution in [2.75, 3.05) is 7.11 Å². The third-order valence-corrected chi connectivity index (χ3v) is 2.47. The van der Waals surface area contributed by atoms with E-state index in [9.17, 15) is 13.6 Å². The highest BCUT2D eigenvalue weighted by Gasteiger charge is 2.20. The number of methoxy groups -OCH3 is 1. The summed E-state index contributed by atoms with van der Waals surface area (Å²) < 4.78 is 29.8. The monoisotopic (exact) mass is 259 g/mol. The van der Waals surface area contributed by atoms with Crippen LogP contribution in [-0.4, -0.2) is 13.1 Å². The van der Waals surface area contributed by atoms with Gasteiger partial charge in [0.25, 0.3) is 6.43 Å². The Balaban J connectivity index is 3.45. The summed E-state index contributed by atoms with van der Waals surface area (Å²) in [6.45, 7) is 0. The molecule has 0 radical (unpaired) electrons. The predicted octanol–water partition coefficient (Wildman–Crippen LogP) is 3.02. The van der Waals surface area contributed by atoms with Gasteiger partial charge in [-0.3, -0.25) is 0 Å². The van der Waals surface area contributed by atoms with E-state index in [1.807, 2.05) is 0 Å². The number of nitriles is 1. The Kier molecular flexibility index (Phi) is 4.41. The summed E-state index contributed by atoms with van der Waals surface area (Å²) in [7, 11) is 1.14. The van der Waals surface area contributed by atoms with Crippen LogP contribution in [0.25, 0.3) is 0 Å². The molecule has 1 aromatic rings. The number of carbonyl (C=O) groups excluding carboxylic acids is 1. The van der Waals surface area contributed by atoms with Crippen molar-refractivity contribution >= 4 is 17.6 Å². The second-order valence-corrected chi connectivity index (χ2v) is 3.40. The van der Waals surface area contributed by atoms with Gasteiger partial charge in [0.2, 0.25) is 0 Å². The molecule has 0 aliphatic carbocycles. The molecule has 0 saturated heterocycles. The van der Waals surface area contributed by atoms with Crippen LogP contribution in [0.4, 0.5) is 8.78 Å². The van der Waals surface area contributed by atoms with Crippen molar-refractivity contribution in [3.63, 3.8) is 0 Å². The average Bonchev–Trinajstić information content (AvgIpc) is 2.35. The molecule has 0 atom stereocenters. The van der Waals surface area contributed by atoms with Gasteiger partial charge in [0.05, 0.1) is 24.3 Å². The van der Waals surface area contributed by atoms with Crippen molar-refractivity contribution in [2.45, 2.75) is 12.3 Å². The summed E-state index contributed by atoms with van der Waals surface area (Å²) in [4.78, 5) is 11.4. The van der Waals surface area contributed by atoms with E-state index in [1.54, 1.807) is 6.07 Å². The highest BCUT2D eigenvalue weighted by Crippen LogP contribution is 2.27. The predicted molar refractivity (Wildman–Crippen MR) is 57.0 cm³/mol. The molecule has 1 aromatic carbocycles. The molecule has 0 aromatic heterocycles. The van der Waals surface area contributed by atoms with E-state index in [0.29, 0.717) is 5.56 Å². The van der Waals surface area contributed by atoms with Gasteiger partial charge in [-0.25, -0.2) is 13.6 Å². The lowest BCUT2D eigenvalue weighted by Gasteiger charge is -2.09. The molecule has 0 unspecified atom stereocenters. The number of carbonyl (C=O) groups is 1. The molecular weight excluding hydrogens is 252 g/mol. The number of halogens is 3. The van der Waals surface area contributed by atoms with Crippen LogP contribution in [0.3, 0.4) is 0 Å². The van der Waals surface area contributed by atoms with Gasteiger partial charge in [-0.15, -0.1) is 11.6 Å². The fraction of sp³-hybridized carbons (Fsp3) is 0.273. The quantitative estimate of drug-likeness (QED) is 0.619. The Hall–Kier alpha value is -1.67. The number of alkyl halides is 3. The van der Waals surface area contributed by atoms with Gasteiger partial charge in [-0.1, -0.05) is 0 Å². The van der Waals surface area contributed by atoms with Gasteiger partial charge in [0.1, 0.15) is 0 Å². The Labute approximate surface area is 102 Å². The van der Waals surface area contributed by atoms with E-state index in [2.05, 4.69) is 4.74 Å². The maximum atomic E-state index is 12.7. The Morgan fingerprint density at radius 3 is 2.65 bits per heavy atom. The summed E-state index contributed by atoms with van der Waals surface area (Å²) in [5.74, 6) is -0.824. The topological polar surface area (TPSA) is 50.1 Å². The third kappa shape index (κ3) is 2.71. The Morgan fingerprint density at radius 1 is 1.59 bits per heavy atom. The first-order valence-electron chi connectivity index (χ1n) is 4.54. The van der Waals surface area contributed by atoms with Gasteiger partial charge in [-0.05, 0) is 17.7 Å². The molecule has 0 aliphatic heterocycles. The lowest BCUT2D eigenvalue weighted by Crippen LogP contribution is -2.07. The van der Waals surface area contributed by atoms with E-state index in [-0.39, 0.29) is 17.0 Å². The first-order chi connectivity index (χ1) is 8.04. The van der Waals surface area contributed by atoms with Crippen molar-refractivity contribution < 1.29 is 18.3 Å². The number of esters is 1. The van der Waals surface area contributed by atoms with Crippen molar-refractivity contribution in [3.05, 3.63) is 34.4 Å². The number of benzene rings is 1.